The van der Waals surface area contributed by atoms with Gasteiger partial charge in [-0.05, 0) is 42.7 Å². The van der Waals surface area contributed by atoms with Gasteiger partial charge in [0, 0.05) is 13.0 Å². The summed E-state index contributed by atoms with van der Waals surface area (Å²) < 4.78 is 5.14. The van der Waals surface area contributed by atoms with Crippen LogP contribution >= 0.6 is 0 Å². The highest BCUT2D eigenvalue weighted by atomic mass is 16.5. The summed E-state index contributed by atoms with van der Waals surface area (Å²) in [4.78, 5) is 55.4. The molecule has 0 bridgehead atoms. The molecule has 3 aromatic carbocycles. The van der Waals surface area contributed by atoms with Gasteiger partial charge in [0.1, 0.15) is 5.75 Å². The molecule has 0 radical (unpaired) electrons. The van der Waals surface area contributed by atoms with E-state index in [1.165, 1.54) is 19.1 Å². The second-order valence-corrected chi connectivity index (χ2v) is 9.54. The minimum absolute atomic E-state index is 0.0125. The van der Waals surface area contributed by atoms with Gasteiger partial charge >= 0.3 is 5.97 Å². The van der Waals surface area contributed by atoms with Crippen LogP contribution in [-0.2, 0) is 20.9 Å². The fraction of sp³-hybridized carbons (Fsp3) is 0.267. The topological polar surface area (TPSA) is 96.0 Å². The van der Waals surface area contributed by atoms with Crippen molar-refractivity contribution in [2.45, 2.75) is 38.8 Å². The summed E-state index contributed by atoms with van der Waals surface area (Å²) in [6.45, 7) is 1.40. The molecule has 8 nitrogen and oxygen atoms in total. The SMILES string of the molecule is CC(=O)Oc1ccccc1C(=O)NCC(=O)N1c2ccccc2N(Cc2ccccc2)C(=O)[C@H]2CCC[C@H]21. The molecule has 38 heavy (non-hydrogen) atoms. The van der Waals surface area contributed by atoms with E-state index in [0.717, 1.165) is 12.0 Å². The first-order valence-corrected chi connectivity index (χ1v) is 12.8. The highest BCUT2D eigenvalue weighted by Gasteiger charge is 2.45. The molecule has 1 saturated carbocycles. The van der Waals surface area contributed by atoms with Crippen molar-refractivity contribution in [3.8, 4) is 5.75 Å². The number of anilines is 2. The van der Waals surface area contributed by atoms with E-state index in [1.807, 2.05) is 54.6 Å². The van der Waals surface area contributed by atoms with E-state index in [0.29, 0.717) is 30.8 Å². The quantitative estimate of drug-likeness (QED) is 0.397. The number of nitrogens with zero attached hydrogens (tertiary/aromatic N) is 2. The molecule has 1 aliphatic heterocycles. The number of ether oxygens (including phenoxy) is 1. The van der Waals surface area contributed by atoms with Crippen molar-refractivity contribution < 1.29 is 23.9 Å². The largest absolute Gasteiger partial charge is 0.426 e. The van der Waals surface area contributed by atoms with Crippen molar-refractivity contribution in [1.82, 2.24) is 5.32 Å². The maximum Gasteiger partial charge on any atom is 0.308 e. The Labute approximate surface area is 221 Å². The van der Waals surface area contributed by atoms with E-state index >= 15 is 0 Å². The fourth-order valence-electron chi connectivity index (χ4n) is 5.41. The Morgan fingerprint density at radius 3 is 2.34 bits per heavy atom. The van der Waals surface area contributed by atoms with Crippen molar-refractivity contribution in [1.29, 1.82) is 0 Å². The predicted molar refractivity (Wildman–Crippen MR) is 143 cm³/mol. The molecule has 8 heteroatoms. The van der Waals surface area contributed by atoms with Crippen LogP contribution in [0.4, 0.5) is 11.4 Å². The third-order valence-electron chi connectivity index (χ3n) is 7.06. The van der Waals surface area contributed by atoms with Gasteiger partial charge < -0.3 is 19.9 Å². The van der Waals surface area contributed by atoms with Gasteiger partial charge in [-0.2, -0.15) is 0 Å². The minimum Gasteiger partial charge on any atom is -0.426 e. The third-order valence-corrected chi connectivity index (χ3v) is 7.06. The van der Waals surface area contributed by atoms with Gasteiger partial charge in [-0.25, -0.2) is 0 Å². The fourth-order valence-corrected chi connectivity index (χ4v) is 5.41. The zero-order valence-electron chi connectivity index (χ0n) is 21.1. The van der Waals surface area contributed by atoms with Gasteiger partial charge in [0.2, 0.25) is 11.8 Å². The van der Waals surface area contributed by atoms with Crippen molar-refractivity contribution in [2.24, 2.45) is 5.92 Å². The molecular formula is C30H29N3O5. The van der Waals surface area contributed by atoms with Crippen LogP contribution in [0.1, 0.15) is 42.1 Å². The lowest BCUT2D eigenvalue weighted by molar-refractivity contribution is -0.132. The van der Waals surface area contributed by atoms with E-state index in [9.17, 15) is 19.2 Å². The smallest absolute Gasteiger partial charge is 0.308 e. The number of hydrogen-bond donors (Lipinski definition) is 1. The Bertz CT molecular complexity index is 1370. The van der Waals surface area contributed by atoms with Crippen LogP contribution in [0.2, 0.25) is 0 Å². The lowest BCUT2D eigenvalue weighted by atomic mass is 10.0. The number of nitrogens with one attached hydrogen (secondary N) is 1. The molecular weight excluding hydrogens is 482 g/mol. The first kappa shape index (κ1) is 25.2. The molecule has 2 atom stereocenters. The Morgan fingerprint density at radius 1 is 0.895 bits per heavy atom. The van der Waals surface area contributed by atoms with Crippen LogP contribution in [0.5, 0.6) is 5.75 Å². The van der Waals surface area contributed by atoms with Crippen LogP contribution < -0.4 is 19.9 Å². The summed E-state index contributed by atoms with van der Waals surface area (Å²) in [6.07, 6.45) is 2.25. The van der Waals surface area contributed by atoms with Crippen molar-refractivity contribution in [2.75, 3.05) is 16.3 Å². The molecule has 1 N–H and O–H groups in total. The van der Waals surface area contributed by atoms with Gasteiger partial charge in [0.25, 0.3) is 5.91 Å². The molecule has 2 aliphatic rings. The number of esters is 1. The zero-order valence-corrected chi connectivity index (χ0v) is 21.1. The van der Waals surface area contributed by atoms with Crippen LogP contribution in [-0.4, -0.2) is 36.3 Å². The second-order valence-electron chi connectivity index (χ2n) is 9.54. The van der Waals surface area contributed by atoms with E-state index in [1.54, 1.807) is 21.9 Å². The van der Waals surface area contributed by atoms with Crippen LogP contribution in [0.15, 0.2) is 78.9 Å². The Hall–Kier alpha value is -4.46. The number of carbonyl (C=O) groups excluding carboxylic acids is 4. The normalized spacial score (nSPS) is 18.3. The standard InChI is InChI=1S/C30H29N3O5/c1-20(34)38-27-17-8-5-12-23(27)29(36)31-18-28(35)33-24-16-9-13-22(24)30(37)32(19-21-10-3-2-4-11-21)25-14-6-7-15-26(25)33/h2-8,10-12,14-15,17,22,24H,9,13,16,18-19H2,1H3,(H,31,36)/t22-,24+/m0/s1. The number of hydrogen-bond acceptors (Lipinski definition) is 5. The molecule has 1 heterocycles. The average Bonchev–Trinajstić information content (AvgIpc) is 3.37. The predicted octanol–water partition coefficient (Wildman–Crippen LogP) is 4.09. The van der Waals surface area contributed by atoms with Crippen molar-refractivity contribution in [3.63, 3.8) is 0 Å². The molecule has 0 aromatic heterocycles. The zero-order chi connectivity index (χ0) is 26.6. The van der Waals surface area contributed by atoms with Gasteiger partial charge in [-0.15, -0.1) is 0 Å². The third kappa shape index (κ3) is 5.02. The number of para-hydroxylation sites is 3. The van der Waals surface area contributed by atoms with Crippen molar-refractivity contribution in [3.05, 3.63) is 90.0 Å². The summed E-state index contributed by atoms with van der Waals surface area (Å²) in [5.41, 5.74) is 2.50. The number of benzene rings is 3. The summed E-state index contributed by atoms with van der Waals surface area (Å²) in [6, 6.07) is 23.3. The number of rotatable bonds is 6. The Balaban J connectivity index is 1.43. The Morgan fingerprint density at radius 2 is 1.58 bits per heavy atom. The lowest BCUT2D eigenvalue weighted by Gasteiger charge is -2.30. The maximum atomic E-state index is 13.8. The van der Waals surface area contributed by atoms with Crippen LogP contribution in [0, 0.1) is 5.92 Å². The molecule has 0 spiro atoms. The first-order chi connectivity index (χ1) is 18.4. The molecule has 1 aliphatic carbocycles. The van der Waals surface area contributed by atoms with Gasteiger partial charge in [0.15, 0.2) is 0 Å². The van der Waals surface area contributed by atoms with Crippen molar-refractivity contribution >= 4 is 35.1 Å². The van der Waals surface area contributed by atoms with Gasteiger partial charge in [-0.3, -0.25) is 19.2 Å². The molecule has 0 saturated heterocycles. The molecule has 0 unspecified atom stereocenters. The first-order valence-electron chi connectivity index (χ1n) is 12.8. The summed E-state index contributed by atoms with van der Waals surface area (Å²) >= 11 is 0. The molecule has 3 aromatic rings. The van der Waals surface area contributed by atoms with Crippen LogP contribution in [0.25, 0.3) is 0 Å². The molecule has 194 valence electrons. The van der Waals surface area contributed by atoms with E-state index in [2.05, 4.69) is 5.32 Å². The van der Waals surface area contributed by atoms with E-state index in [4.69, 9.17) is 4.74 Å². The van der Waals surface area contributed by atoms with E-state index in [-0.39, 0.29) is 41.6 Å². The highest BCUT2D eigenvalue weighted by molar-refractivity contribution is 6.08. The maximum absolute atomic E-state index is 13.8. The van der Waals surface area contributed by atoms with E-state index < -0.39 is 11.9 Å². The number of fused-ring (bicyclic) bond motifs is 2. The Kier molecular flexibility index (Phi) is 7.22. The highest BCUT2D eigenvalue weighted by Crippen LogP contribution is 2.43. The minimum atomic E-state index is -0.542. The lowest BCUT2D eigenvalue weighted by Crippen LogP contribution is -2.48. The van der Waals surface area contributed by atoms with Crippen LogP contribution in [0.3, 0.4) is 0 Å². The van der Waals surface area contributed by atoms with Gasteiger partial charge in [0.05, 0.1) is 35.9 Å². The summed E-state index contributed by atoms with van der Waals surface area (Å²) in [7, 11) is 0. The second kappa shape index (κ2) is 10.9. The monoisotopic (exact) mass is 511 g/mol. The summed E-state index contributed by atoms with van der Waals surface area (Å²) in [5.74, 6) is -1.55. The molecule has 3 amide bonds. The summed E-state index contributed by atoms with van der Waals surface area (Å²) in [5, 5.41) is 2.68. The molecule has 5 rings (SSSR count). The number of amides is 3. The molecule has 1 fully saturated rings. The average molecular weight is 512 g/mol. The van der Waals surface area contributed by atoms with Gasteiger partial charge in [-0.1, -0.05) is 61.0 Å². The number of carbonyl (C=O) groups is 4.